The van der Waals surface area contributed by atoms with E-state index < -0.39 is 16.3 Å². The van der Waals surface area contributed by atoms with Gasteiger partial charge < -0.3 is 5.11 Å². The summed E-state index contributed by atoms with van der Waals surface area (Å²) in [5.41, 5.74) is 3.04. The molecule has 0 spiro atoms. The Balaban J connectivity index is 2.04. The maximum atomic E-state index is 13.1. The molecule has 0 aromatic heterocycles. The predicted molar refractivity (Wildman–Crippen MR) is 93.9 cm³/mol. The van der Waals surface area contributed by atoms with Crippen LogP contribution in [0.15, 0.2) is 53.4 Å². The van der Waals surface area contributed by atoms with Gasteiger partial charge in [0.05, 0.1) is 10.9 Å². The first-order valence-electron chi connectivity index (χ1n) is 8.15. The number of nitrogens with zero attached hydrogens (tertiary/aromatic N) is 1. The maximum absolute atomic E-state index is 13.1. The summed E-state index contributed by atoms with van der Waals surface area (Å²) in [5.74, 6) is -0.114. The number of aryl methyl sites for hydroxylation is 2. The Bertz CT molecular complexity index is 813. The van der Waals surface area contributed by atoms with E-state index in [0.29, 0.717) is 6.42 Å². The van der Waals surface area contributed by atoms with Gasteiger partial charge in [-0.15, -0.1) is 0 Å². The lowest BCUT2D eigenvalue weighted by Gasteiger charge is -2.27. The molecule has 2 aromatic carbocycles. The van der Waals surface area contributed by atoms with Gasteiger partial charge in [0.1, 0.15) is 6.23 Å². The lowest BCUT2D eigenvalue weighted by atomic mass is 10.00. The third kappa shape index (κ3) is 2.99. The fourth-order valence-electron chi connectivity index (χ4n) is 3.23. The number of sulfonamides is 1. The van der Waals surface area contributed by atoms with E-state index in [1.807, 2.05) is 45.0 Å². The first kappa shape index (κ1) is 17.1. The summed E-state index contributed by atoms with van der Waals surface area (Å²) >= 11 is 0. The van der Waals surface area contributed by atoms with Gasteiger partial charge in [-0.05, 0) is 43.9 Å². The molecular formula is C19H23NO3S. The highest BCUT2D eigenvalue weighted by atomic mass is 32.2. The Morgan fingerprint density at radius 1 is 0.958 bits per heavy atom. The second-order valence-corrected chi connectivity index (χ2v) is 8.54. The van der Waals surface area contributed by atoms with E-state index in [2.05, 4.69) is 0 Å². The normalized spacial score (nSPS) is 25.1. The lowest BCUT2D eigenvalue weighted by Crippen LogP contribution is -2.38. The topological polar surface area (TPSA) is 57.6 Å². The molecule has 3 atom stereocenters. The van der Waals surface area contributed by atoms with Crippen molar-refractivity contribution in [3.63, 3.8) is 0 Å². The highest BCUT2D eigenvalue weighted by molar-refractivity contribution is 7.89. The summed E-state index contributed by atoms with van der Waals surface area (Å²) < 4.78 is 27.5. The van der Waals surface area contributed by atoms with Crippen LogP contribution in [-0.2, 0) is 10.0 Å². The standard InChI is InChI=1S/C19H23NO3S/c1-13-4-8-16(9-5-13)18-12-15(3)19(21)20(18)24(22,23)17-10-6-14(2)7-11-17/h4-11,15,18-19,21H,12H2,1-3H3/t15-,18+,19+/m1/s1. The minimum atomic E-state index is -3.76. The van der Waals surface area contributed by atoms with Crippen molar-refractivity contribution in [1.29, 1.82) is 0 Å². The molecule has 0 saturated carbocycles. The summed E-state index contributed by atoms with van der Waals surface area (Å²) in [5, 5.41) is 10.5. The van der Waals surface area contributed by atoms with Gasteiger partial charge in [-0.3, -0.25) is 0 Å². The average molecular weight is 345 g/mol. The molecule has 1 aliphatic heterocycles. The number of aliphatic hydroxyl groups is 1. The SMILES string of the molecule is Cc1ccc([C@@H]2C[C@@H](C)[C@H](O)N2S(=O)(=O)c2ccc(C)cc2)cc1. The van der Waals surface area contributed by atoms with E-state index in [-0.39, 0.29) is 16.9 Å². The van der Waals surface area contributed by atoms with Crippen molar-refractivity contribution in [3.8, 4) is 0 Å². The smallest absolute Gasteiger partial charge is 0.245 e. The van der Waals surface area contributed by atoms with Crippen molar-refractivity contribution in [2.45, 2.75) is 44.4 Å². The van der Waals surface area contributed by atoms with Crippen molar-refractivity contribution in [2.75, 3.05) is 0 Å². The molecule has 0 aliphatic carbocycles. The molecule has 0 bridgehead atoms. The molecule has 1 aliphatic rings. The van der Waals surface area contributed by atoms with Crippen LogP contribution in [0.3, 0.4) is 0 Å². The molecule has 1 saturated heterocycles. The molecule has 128 valence electrons. The molecule has 2 aromatic rings. The maximum Gasteiger partial charge on any atom is 0.245 e. The summed E-state index contributed by atoms with van der Waals surface area (Å²) in [6.07, 6.45) is -0.405. The Morgan fingerprint density at radius 2 is 1.46 bits per heavy atom. The number of rotatable bonds is 3. The highest BCUT2D eigenvalue weighted by Crippen LogP contribution is 2.42. The lowest BCUT2D eigenvalue weighted by molar-refractivity contribution is 0.0524. The minimum Gasteiger partial charge on any atom is -0.377 e. The Morgan fingerprint density at radius 3 is 2.00 bits per heavy atom. The molecule has 0 radical (unpaired) electrons. The second-order valence-electron chi connectivity index (χ2n) is 6.70. The molecule has 5 heteroatoms. The number of benzene rings is 2. The zero-order valence-corrected chi connectivity index (χ0v) is 15.0. The Hall–Kier alpha value is -1.69. The summed E-state index contributed by atoms with van der Waals surface area (Å²) in [4.78, 5) is 0.221. The van der Waals surface area contributed by atoms with Crippen LogP contribution in [0, 0.1) is 19.8 Å². The largest absolute Gasteiger partial charge is 0.377 e. The zero-order chi connectivity index (χ0) is 17.5. The summed E-state index contributed by atoms with van der Waals surface area (Å²) in [7, 11) is -3.76. The van der Waals surface area contributed by atoms with Gasteiger partial charge >= 0.3 is 0 Å². The van der Waals surface area contributed by atoms with E-state index in [9.17, 15) is 13.5 Å². The molecule has 1 heterocycles. The Labute approximate surface area is 143 Å². The zero-order valence-electron chi connectivity index (χ0n) is 14.2. The predicted octanol–water partition coefficient (Wildman–Crippen LogP) is 3.39. The van der Waals surface area contributed by atoms with Crippen LogP contribution in [0.25, 0.3) is 0 Å². The van der Waals surface area contributed by atoms with Gasteiger partial charge in [0.2, 0.25) is 10.0 Å². The molecule has 1 N–H and O–H groups in total. The first-order valence-corrected chi connectivity index (χ1v) is 9.59. The van der Waals surface area contributed by atoms with Gasteiger partial charge in [-0.2, -0.15) is 4.31 Å². The van der Waals surface area contributed by atoms with Crippen molar-refractivity contribution in [2.24, 2.45) is 5.92 Å². The van der Waals surface area contributed by atoms with E-state index >= 15 is 0 Å². The monoisotopic (exact) mass is 345 g/mol. The molecule has 0 amide bonds. The fraction of sp³-hybridized carbons (Fsp3) is 0.368. The number of aliphatic hydroxyl groups excluding tert-OH is 1. The van der Waals surface area contributed by atoms with Gasteiger partial charge in [-0.25, -0.2) is 8.42 Å². The Kier molecular flexibility index (Phi) is 4.51. The van der Waals surface area contributed by atoms with Crippen molar-refractivity contribution in [3.05, 3.63) is 65.2 Å². The van der Waals surface area contributed by atoms with Crippen molar-refractivity contribution < 1.29 is 13.5 Å². The van der Waals surface area contributed by atoms with Crippen LogP contribution in [0.5, 0.6) is 0 Å². The molecule has 3 rings (SSSR count). The van der Waals surface area contributed by atoms with Crippen LogP contribution in [0.2, 0.25) is 0 Å². The molecule has 1 fully saturated rings. The quantitative estimate of drug-likeness (QED) is 0.927. The third-order valence-corrected chi connectivity index (χ3v) is 6.62. The first-order chi connectivity index (χ1) is 11.3. The molecule has 0 unspecified atom stereocenters. The van der Waals surface area contributed by atoms with Gasteiger partial charge in [0, 0.05) is 0 Å². The van der Waals surface area contributed by atoms with Gasteiger partial charge in [-0.1, -0.05) is 54.4 Å². The molecule has 4 nitrogen and oxygen atoms in total. The van der Waals surface area contributed by atoms with Crippen LogP contribution >= 0.6 is 0 Å². The number of hydrogen-bond acceptors (Lipinski definition) is 3. The van der Waals surface area contributed by atoms with E-state index in [0.717, 1.165) is 16.7 Å². The van der Waals surface area contributed by atoms with Crippen LogP contribution in [-0.4, -0.2) is 24.1 Å². The highest BCUT2D eigenvalue weighted by Gasteiger charge is 2.46. The van der Waals surface area contributed by atoms with Crippen LogP contribution in [0.4, 0.5) is 0 Å². The minimum absolute atomic E-state index is 0.114. The van der Waals surface area contributed by atoms with Crippen molar-refractivity contribution >= 4 is 10.0 Å². The van der Waals surface area contributed by atoms with Gasteiger partial charge in [0.15, 0.2) is 0 Å². The molecule has 24 heavy (non-hydrogen) atoms. The van der Waals surface area contributed by atoms with Crippen LogP contribution in [0.1, 0.15) is 36.1 Å². The van der Waals surface area contributed by atoms with E-state index in [4.69, 9.17) is 0 Å². The number of hydrogen-bond donors (Lipinski definition) is 1. The van der Waals surface area contributed by atoms with Crippen LogP contribution < -0.4 is 0 Å². The summed E-state index contributed by atoms with van der Waals surface area (Å²) in [6, 6.07) is 14.3. The summed E-state index contributed by atoms with van der Waals surface area (Å²) in [6.45, 7) is 5.80. The van der Waals surface area contributed by atoms with Crippen molar-refractivity contribution in [1.82, 2.24) is 4.31 Å². The molecular weight excluding hydrogens is 322 g/mol. The third-order valence-electron chi connectivity index (χ3n) is 4.73. The van der Waals surface area contributed by atoms with E-state index in [1.165, 1.54) is 4.31 Å². The van der Waals surface area contributed by atoms with Gasteiger partial charge in [0.25, 0.3) is 0 Å². The van der Waals surface area contributed by atoms with E-state index in [1.54, 1.807) is 24.3 Å². The second kappa shape index (κ2) is 6.31. The fourth-order valence-corrected chi connectivity index (χ4v) is 4.98. The average Bonchev–Trinajstić information content (AvgIpc) is 2.84.